The van der Waals surface area contributed by atoms with Gasteiger partial charge in [-0.15, -0.1) is 0 Å². The van der Waals surface area contributed by atoms with Crippen LogP contribution < -0.4 is 4.90 Å². The Bertz CT molecular complexity index is 438. The minimum atomic E-state index is -0.589. The Labute approximate surface area is 108 Å². The normalized spacial score (nSPS) is 31.7. The van der Waals surface area contributed by atoms with Gasteiger partial charge >= 0.3 is 0 Å². The van der Waals surface area contributed by atoms with Crippen LogP contribution in [0.5, 0.6) is 0 Å². The zero-order valence-electron chi connectivity index (χ0n) is 10.9. The molecule has 0 amide bonds. The van der Waals surface area contributed by atoms with Gasteiger partial charge in [0.1, 0.15) is 0 Å². The summed E-state index contributed by atoms with van der Waals surface area (Å²) in [4.78, 5) is 10.2. The number of aromatic nitrogens is 2. The summed E-state index contributed by atoms with van der Waals surface area (Å²) in [6.07, 6.45) is 11.4. The van der Waals surface area contributed by atoms with Crippen molar-refractivity contribution in [3.63, 3.8) is 0 Å². The maximum absolute atomic E-state index is 10.2. The van der Waals surface area contributed by atoms with Crippen LogP contribution in [0.4, 0.5) is 5.95 Å². The zero-order chi connectivity index (χ0) is 13.2. The molecule has 4 heteroatoms. The van der Waals surface area contributed by atoms with Crippen LogP contribution in [0, 0.1) is 18.4 Å². The topological polar surface area (TPSA) is 49.2 Å². The number of terminal acetylenes is 1. The first-order valence-electron chi connectivity index (χ1n) is 6.29. The molecule has 1 aliphatic carbocycles. The van der Waals surface area contributed by atoms with Crippen molar-refractivity contribution in [3.05, 3.63) is 18.5 Å². The van der Waals surface area contributed by atoms with Gasteiger partial charge in [0, 0.05) is 24.5 Å². The molecule has 1 saturated carbocycles. The minimum Gasteiger partial charge on any atom is -0.390 e. The first-order valence-corrected chi connectivity index (χ1v) is 6.29. The van der Waals surface area contributed by atoms with Crippen LogP contribution in [0.1, 0.15) is 33.1 Å². The molecule has 3 atom stereocenters. The molecule has 0 saturated heterocycles. The van der Waals surface area contributed by atoms with Crippen molar-refractivity contribution in [1.29, 1.82) is 0 Å². The lowest BCUT2D eigenvalue weighted by Crippen LogP contribution is -2.46. The fourth-order valence-electron chi connectivity index (χ4n) is 2.46. The van der Waals surface area contributed by atoms with Crippen molar-refractivity contribution in [3.8, 4) is 12.5 Å². The molecule has 1 N–H and O–H groups in total. The summed E-state index contributed by atoms with van der Waals surface area (Å²) in [5, 5.41) is 10.2. The van der Waals surface area contributed by atoms with Crippen LogP contribution in [0.3, 0.4) is 0 Å². The Morgan fingerprint density at radius 3 is 2.72 bits per heavy atom. The number of anilines is 1. The average Bonchev–Trinajstić information content (AvgIpc) is 2.36. The van der Waals surface area contributed by atoms with E-state index in [1.807, 2.05) is 6.92 Å². The Hall–Kier alpha value is -1.60. The first kappa shape index (κ1) is 12.8. The standard InChI is InChI=1S/C14H19N3O/c1-4-17(13-15-8-5-9-16-13)12-6-7-14(3,18)11(2)10-12/h1,5,8-9,11-12,18H,6-7,10H2,2-3H3. The van der Waals surface area contributed by atoms with Gasteiger partial charge in [0.05, 0.1) is 5.60 Å². The Balaban J connectivity index is 2.14. The van der Waals surface area contributed by atoms with Gasteiger partial charge in [-0.3, -0.25) is 4.90 Å². The third-order valence-electron chi connectivity index (χ3n) is 3.94. The maximum atomic E-state index is 10.2. The summed E-state index contributed by atoms with van der Waals surface area (Å²) in [5.74, 6) is 0.787. The molecule has 1 heterocycles. The molecule has 18 heavy (non-hydrogen) atoms. The van der Waals surface area contributed by atoms with Crippen molar-refractivity contribution >= 4 is 5.95 Å². The number of hydrogen-bond donors (Lipinski definition) is 1. The van der Waals surface area contributed by atoms with Gasteiger partial charge in [0.15, 0.2) is 0 Å². The van der Waals surface area contributed by atoms with E-state index in [-0.39, 0.29) is 12.0 Å². The van der Waals surface area contributed by atoms with Crippen molar-refractivity contribution in [1.82, 2.24) is 9.97 Å². The fraction of sp³-hybridized carbons (Fsp3) is 0.571. The largest absolute Gasteiger partial charge is 0.390 e. The number of rotatable bonds is 2. The van der Waals surface area contributed by atoms with E-state index < -0.39 is 5.60 Å². The lowest BCUT2D eigenvalue weighted by atomic mass is 9.75. The van der Waals surface area contributed by atoms with E-state index in [0.29, 0.717) is 5.95 Å². The van der Waals surface area contributed by atoms with Gasteiger partial charge in [0.25, 0.3) is 0 Å². The van der Waals surface area contributed by atoms with Crippen LogP contribution in [0.15, 0.2) is 18.5 Å². The molecule has 96 valence electrons. The fourth-order valence-corrected chi connectivity index (χ4v) is 2.46. The monoisotopic (exact) mass is 245 g/mol. The average molecular weight is 245 g/mol. The van der Waals surface area contributed by atoms with Crippen LogP contribution in [0.25, 0.3) is 0 Å². The predicted octanol–water partition coefficient (Wildman–Crippen LogP) is 1.81. The smallest absolute Gasteiger partial charge is 0.237 e. The molecular weight excluding hydrogens is 226 g/mol. The Morgan fingerprint density at radius 1 is 1.50 bits per heavy atom. The van der Waals surface area contributed by atoms with E-state index in [4.69, 9.17) is 6.42 Å². The van der Waals surface area contributed by atoms with Crippen LogP contribution >= 0.6 is 0 Å². The van der Waals surface area contributed by atoms with Gasteiger partial charge in [0.2, 0.25) is 5.95 Å². The predicted molar refractivity (Wildman–Crippen MR) is 70.8 cm³/mol. The number of hydrogen-bond acceptors (Lipinski definition) is 4. The molecule has 1 aliphatic rings. The van der Waals surface area contributed by atoms with E-state index in [0.717, 1.165) is 19.3 Å². The van der Waals surface area contributed by atoms with E-state index in [1.54, 1.807) is 23.4 Å². The van der Waals surface area contributed by atoms with E-state index in [1.165, 1.54) is 0 Å². The van der Waals surface area contributed by atoms with E-state index in [2.05, 4.69) is 22.9 Å². The van der Waals surface area contributed by atoms with Gasteiger partial charge in [-0.25, -0.2) is 9.97 Å². The molecule has 4 nitrogen and oxygen atoms in total. The second-order valence-electron chi connectivity index (χ2n) is 5.23. The molecule has 0 aliphatic heterocycles. The molecule has 0 aromatic carbocycles. The lowest BCUT2D eigenvalue weighted by molar-refractivity contribution is -0.0286. The summed E-state index contributed by atoms with van der Waals surface area (Å²) < 4.78 is 0. The molecule has 3 unspecified atom stereocenters. The molecule has 0 spiro atoms. The molecule has 1 fully saturated rings. The van der Waals surface area contributed by atoms with Gasteiger partial charge in [-0.05, 0) is 38.2 Å². The maximum Gasteiger partial charge on any atom is 0.237 e. The second kappa shape index (κ2) is 4.95. The molecular formula is C14H19N3O. The van der Waals surface area contributed by atoms with Crippen molar-refractivity contribution in [2.75, 3.05) is 4.90 Å². The third-order valence-corrected chi connectivity index (χ3v) is 3.94. The minimum absolute atomic E-state index is 0.202. The van der Waals surface area contributed by atoms with E-state index in [9.17, 15) is 5.11 Å². The summed E-state index contributed by atoms with van der Waals surface area (Å²) in [6.45, 7) is 3.96. The van der Waals surface area contributed by atoms with Crippen LogP contribution in [0.2, 0.25) is 0 Å². The molecule has 0 radical (unpaired) electrons. The summed E-state index contributed by atoms with van der Waals surface area (Å²) in [5.41, 5.74) is -0.589. The Morgan fingerprint density at radius 2 is 2.17 bits per heavy atom. The molecule has 0 bridgehead atoms. The van der Waals surface area contributed by atoms with Gasteiger partial charge < -0.3 is 5.11 Å². The van der Waals surface area contributed by atoms with Crippen molar-refractivity contribution < 1.29 is 5.11 Å². The highest BCUT2D eigenvalue weighted by molar-refractivity contribution is 5.39. The molecule has 1 aromatic heterocycles. The summed E-state index contributed by atoms with van der Waals surface area (Å²) in [6, 6.07) is 4.63. The first-order chi connectivity index (χ1) is 8.54. The van der Waals surface area contributed by atoms with Crippen molar-refractivity contribution in [2.24, 2.45) is 5.92 Å². The quantitative estimate of drug-likeness (QED) is 0.638. The van der Waals surface area contributed by atoms with Gasteiger partial charge in [-0.2, -0.15) is 0 Å². The van der Waals surface area contributed by atoms with Crippen LogP contribution in [-0.2, 0) is 0 Å². The molecule has 1 aromatic rings. The lowest BCUT2D eigenvalue weighted by Gasteiger charge is -2.41. The second-order valence-corrected chi connectivity index (χ2v) is 5.23. The van der Waals surface area contributed by atoms with E-state index >= 15 is 0 Å². The van der Waals surface area contributed by atoms with Gasteiger partial charge in [-0.1, -0.05) is 13.3 Å². The highest BCUT2D eigenvalue weighted by Crippen LogP contribution is 2.35. The highest BCUT2D eigenvalue weighted by atomic mass is 16.3. The van der Waals surface area contributed by atoms with Crippen LogP contribution in [-0.4, -0.2) is 26.7 Å². The van der Waals surface area contributed by atoms with Crippen molar-refractivity contribution in [2.45, 2.75) is 44.8 Å². The summed E-state index contributed by atoms with van der Waals surface area (Å²) in [7, 11) is 0. The Kier molecular flexibility index (Phi) is 3.53. The zero-order valence-corrected chi connectivity index (χ0v) is 10.9. The third kappa shape index (κ3) is 2.46. The number of aliphatic hydroxyl groups is 1. The SMILES string of the molecule is C#CN(c1ncccn1)C1CCC(C)(O)C(C)C1. The highest BCUT2D eigenvalue weighted by Gasteiger charge is 2.37. The summed E-state index contributed by atoms with van der Waals surface area (Å²) >= 11 is 0. The number of nitrogens with zero attached hydrogens (tertiary/aromatic N) is 3. The molecule has 2 rings (SSSR count).